The zero-order valence-corrected chi connectivity index (χ0v) is 6.44. The summed E-state index contributed by atoms with van der Waals surface area (Å²) in [5.74, 6) is 0. The lowest BCUT2D eigenvalue weighted by atomic mass is 10.1. The van der Waals surface area contributed by atoms with E-state index in [0.29, 0.717) is 0 Å². The maximum Gasteiger partial charge on any atom is 0.0730 e. The van der Waals surface area contributed by atoms with E-state index in [9.17, 15) is 0 Å². The summed E-state index contributed by atoms with van der Waals surface area (Å²) in [6.45, 7) is 1.65. The summed E-state index contributed by atoms with van der Waals surface area (Å²) in [6.07, 6.45) is 1.11. The van der Waals surface area contributed by atoms with Gasteiger partial charge in [-0.2, -0.15) is 0 Å². The summed E-state index contributed by atoms with van der Waals surface area (Å²) in [5, 5.41) is 9.11. The molecule has 3 heteroatoms. The first kappa shape index (κ1) is 8.17. The van der Waals surface area contributed by atoms with Crippen LogP contribution >= 0.6 is 0 Å². The second-order valence-corrected chi connectivity index (χ2v) is 2.52. The smallest absolute Gasteiger partial charge is 0.0730 e. The molecule has 11 heavy (non-hydrogen) atoms. The van der Waals surface area contributed by atoms with Crippen molar-refractivity contribution < 1.29 is 5.11 Å². The van der Waals surface area contributed by atoms with E-state index in [2.05, 4.69) is 4.98 Å². The van der Waals surface area contributed by atoms with Gasteiger partial charge in [-0.25, -0.2) is 0 Å². The van der Waals surface area contributed by atoms with E-state index in [4.69, 9.17) is 10.8 Å². The minimum atomic E-state index is -0.551. The Kier molecular flexibility index (Phi) is 2.57. The van der Waals surface area contributed by atoms with E-state index in [1.807, 2.05) is 12.1 Å². The van der Waals surface area contributed by atoms with Gasteiger partial charge in [0, 0.05) is 6.20 Å². The van der Waals surface area contributed by atoms with Gasteiger partial charge in [-0.3, -0.25) is 4.98 Å². The molecular weight excluding hydrogens is 140 g/mol. The monoisotopic (exact) mass is 152 g/mol. The molecule has 0 aliphatic rings. The number of aliphatic hydroxyl groups is 1. The van der Waals surface area contributed by atoms with Crippen molar-refractivity contribution in [3.05, 3.63) is 30.1 Å². The third kappa shape index (κ3) is 2.00. The first-order valence-corrected chi connectivity index (χ1v) is 3.56. The summed E-state index contributed by atoms with van der Waals surface area (Å²) in [6, 6.07) is 5.09. The molecule has 0 fully saturated rings. The van der Waals surface area contributed by atoms with Gasteiger partial charge in [0.25, 0.3) is 0 Å². The molecule has 0 bridgehead atoms. The summed E-state index contributed by atoms with van der Waals surface area (Å²) in [7, 11) is 0. The van der Waals surface area contributed by atoms with Crippen LogP contribution in [0.3, 0.4) is 0 Å². The van der Waals surface area contributed by atoms with Crippen LogP contribution in [0.25, 0.3) is 0 Å². The Morgan fingerprint density at radius 2 is 2.27 bits per heavy atom. The molecule has 1 heterocycles. The van der Waals surface area contributed by atoms with Gasteiger partial charge < -0.3 is 10.8 Å². The molecule has 0 aliphatic heterocycles. The van der Waals surface area contributed by atoms with Crippen LogP contribution in [-0.4, -0.2) is 16.2 Å². The molecule has 0 saturated carbocycles. The summed E-state index contributed by atoms with van der Waals surface area (Å²) < 4.78 is 0. The maximum absolute atomic E-state index is 9.11. The average Bonchev–Trinajstić information content (AvgIpc) is 2.05. The number of aromatic nitrogens is 1. The standard InChI is InChI=1S/C8H12N2O/c1-6(11)8(9)7-4-2-3-5-10-7/h2-6,8,11H,9H2,1H3/t6-,8+/m1/s1. The highest BCUT2D eigenvalue weighted by molar-refractivity contribution is 5.08. The first-order valence-electron chi connectivity index (χ1n) is 3.56. The third-order valence-corrected chi connectivity index (χ3v) is 1.55. The molecule has 3 nitrogen and oxygen atoms in total. The fraction of sp³-hybridized carbons (Fsp3) is 0.375. The normalized spacial score (nSPS) is 15.9. The highest BCUT2D eigenvalue weighted by Gasteiger charge is 2.11. The number of hydrogen-bond acceptors (Lipinski definition) is 3. The van der Waals surface area contributed by atoms with Gasteiger partial charge in [0.2, 0.25) is 0 Å². The lowest BCUT2D eigenvalue weighted by Crippen LogP contribution is -2.23. The van der Waals surface area contributed by atoms with Crippen LogP contribution in [-0.2, 0) is 0 Å². The molecule has 1 aromatic rings. The zero-order valence-electron chi connectivity index (χ0n) is 6.44. The number of hydrogen-bond donors (Lipinski definition) is 2. The van der Waals surface area contributed by atoms with E-state index in [0.717, 1.165) is 5.69 Å². The molecule has 0 saturated heterocycles. The van der Waals surface area contributed by atoms with Crippen molar-refractivity contribution in [2.75, 3.05) is 0 Å². The molecule has 3 N–H and O–H groups in total. The minimum absolute atomic E-state index is 0.379. The van der Waals surface area contributed by atoms with Crippen LogP contribution in [0.2, 0.25) is 0 Å². The minimum Gasteiger partial charge on any atom is -0.391 e. The second-order valence-electron chi connectivity index (χ2n) is 2.52. The summed E-state index contributed by atoms with van der Waals surface area (Å²) in [5.41, 5.74) is 6.35. The Hall–Kier alpha value is -0.930. The molecule has 0 radical (unpaired) electrons. The Labute approximate surface area is 65.9 Å². The maximum atomic E-state index is 9.11. The van der Waals surface area contributed by atoms with E-state index in [-0.39, 0.29) is 6.04 Å². The highest BCUT2D eigenvalue weighted by atomic mass is 16.3. The van der Waals surface area contributed by atoms with Crippen LogP contribution in [0.5, 0.6) is 0 Å². The molecule has 0 unspecified atom stereocenters. The third-order valence-electron chi connectivity index (χ3n) is 1.55. The van der Waals surface area contributed by atoms with Gasteiger partial charge in [0.05, 0.1) is 17.8 Å². The molecule has 0 amide bonds. The van der Waals surface area contributed by atoms with E-state index < -0.39 is 6.10 Å². The van der Waals surface area contributed by atoms with Crippen LogP contribution in [0, 0.1) is 0 Å². The van der Waals surface area contributed by atoms with Crippen LogP contribution in [0.1, 0.15) is 18.7 Å². The van der Waals surface area contributed by atoms with Gasteiger partial charge >= 0.3 is 0 Å². The highest BCUT2D eigenvalue weighted by Crippen LogP contribution is 2.09. The van der Waals surface area contributed by atoms with Crippen molar-refractivity contribution in [2.24, 2.45) is 5.73 Å². The summed E-state index contributed by atoms with van der Waals surface area (Å²) in [4.78, 5) is 4.01. The lowest BCUT2D eigenvalue weighted by molar-refractivity contribution is 0.162. The molecule has 1 rings (SSSR count). The van der Waals surface area contributed by atoms with Crippen molar-refractivity contribution in [3.8, 4) is 0 Å². The molecule has 60 valence electrons. The number of nitrogens with two attached hydrogens (primary N) is 1. The molecule has 1 aromatic heterocycles. The molecule has 2 atom stereocenters. The Morgan fingerprint density at radius 3 is 2.73 bits per heavy atom. The first-order chi connectivity index (χ1) is 5.22. The number of pyridine rings is 1. The largest absolute Gasteiger partial charge is 0.391 e. The van der Waals surface area contributed by atoms with Crippen molar-refractivity contribution in [2.45, 2.75) is 19.1 Å². The van der Waals surface area contributed by atoms with Gasteiger partial charge in [-0.15, -0.1) is 0 Å². The van der Waals surface area contributed by atoms with E-state index >= 15 is 0 Å². The summed E-state index contributed by atoms with van der Waals surface area (Å²) >= 11 is 0. The van der Waals surface area contributed by atoms with Gasteiger partial charge in [-0.05, 0) is 19.1 Å². The van der Waals surface area contributed by atoms with Crippen LogP contribution < -0.4 is 5.73 Å². The van der Waals surface area contributed by atoms with Crippen molar-refractivity contribution in [3.63, 3.8) is 0 Å². The second kappa shape index (κ2) is 3.46. The van der Waals surface area contributed by atoms with Crippen molar-refractivity contribution >= 4 is 0 Å². The van der Waals surface area contributed by atoms with Crippen molar-refractivity contribution in [1.29, 1.82) is 0 Å². The Morgan fingerprint density at radius 1 is 1.55 bits per heavy atom. The van der Waals surface area contributed by atoms with Crippen LogP contribution in [0.4, 0.5) is 0 Å². The van der Waals surface area contributed by atoms with Crippen molar-refractivity contribution in [1.82, 2.24) is 4.98 Å². The Bertz CT molecular complexity index is 211. The fourth-order valence-electron chi connectivity index (χ4n) is 0.820. The number of aliphatic hydroxyl groups excluding tert-OH is 1. The predicted molar refractivity (Wildman–Crippen MR) is 42.8 cm³/mol. The quantitative estimate of drug-likeness (QED) is 0.647. The molecule has 0 aliphatic carbocycles. The van der Waals surface area contributed by atoms with Gasteiger partial charge in [0.1, 0.15) is 0 Å². The lowest BCUT2D eigenvalue weighted by Gasteiger charge is -2.12. The molecule has 0 spiro atoms. The number of nitrogens with zero attached hydrogens (tertiary/aromatic N) is 1. The van der Waals surface area contributed by atoms with Gasteiger partial charge in [0.15, 0.2) is 0 Å². The van der Waals surface area contributed by atoms with E-state index in [1.54, 1.807) is 19.2 Å². The predicted octanol–water partition coefficient (Wildman–Crippen LogP) is 0.462. The topological polar surface area (TPSA) is 59.1 Å². The molecular formula is C8H12N2O. The van der Waals surface area contributed by atoms with E-state index in [1.165, 1.54) is 0 Å². The fourth-order valence-corrected chi connectivity index (χ4v) is 0.820. The SMILES string of the molecule is C[C@@H](O)[C@H](N)c1ccccn1. The number of rotatable bonds is 2. The van der Waals surface area contributed by atoms with Crippen LogP contribution in [0.15, 0.2) is 24.4 Å². The van der Waals surface area contributed by atoms with Gasteiger partial charge in [-0.1, -0.05) is 6.07 Å². The Balaban J connectivity index is 2.77. The molecule has 0 aromatic carbocycles. The average molecular weight is 152 g/mol. The zero-order chi connectivity index (χ0) is 8.27.